The quantitative estimate of drug-likeness (QED) is 0.402. The van der Waals surface area contributed by atoms with Crippen molar-refractivity contribution in [3.63, 3.8) is 0 Å². The van der Waals surface area contributed by atoms with Crippen LogP contribution < -0.4 is 0 Å². The second-order valence-corrected chi connectivity index (χ2v) is 6.64. The molecule has 7 atom stereocenters. The number of nitrogens with zero attached hydrogens (tertiary/aromatic N) is 1. The Labute approximate surface area is 118 Å². The van der Waals surface area contributed by atoms with Crippen molar-refractivity contribution in [3.05, 3.63) is 0 Å². The minimum Gasteiger partial charge on any atom is -0.394 e. The number of piperidine rings is 1. The van der Waals surface area contributed by atoms with E-state index in [4.69, 9.17) is 0 Å². The monoisotopic (exact) mass is 287 g/mol. The van der Waals surface area contributed by atoms with Gasteiger partial charge in [-0.2, -0.15) is 0 Å². The summed E-state index contributed by atoms with van der Waals surface area (Å²) in [5.41, 5.74) is -0.977. The van der Waals surface area contributed by atoms with Gasteiger partial charge in [0.25, 0.3) is 0 Å². The highest BCUT2D eigenvalue weighted by molar-refractivity contribution is 5.27. The SMILES string of the molecule is OC[C@]12[C@@H](O)[C@H](O)[C@@H](O)CN1[C@@H]2[C@H](O)C1CCCCC1. The third-order valence-corrected chi connectivity index (χ3v) is 5.64. The van der Waals surface area contributed by atoms with E-state index in [2.05, 4.69) is 0 Å². The van der Waals surface area contributed by atoms with Gasteiger partial charge in [0.2, 0.25) is 0 Å². The molecule has 3 rings (SSSR count). The van der Waals surface area contributed by atoms with Crippen molar-refractivity contribution in [1.29, 1.82) is 0 Å². The summed E-state index contributed by atoms with van der Waals surface area (Å²) in [7, 11) is 0. The standard InChI is InChI=1S/C14H25NO5/c16-7-14-12(10(18)8-4-2-1-3-5-8)15(14)6-9(17)11(19)13(14)20/h8-13,16-20H,1-7H2/t9-,10+,11+,12+,13-,14-,15?/m0/s1. The summed E-state index contributed by atoms with van der Waals surface area (Å²) in [5, 5.41) is 50.1. The van der Waals surface area contributed by atoms with E-state index in [9.17, 15) is 25.5 Å². The van der Waals surface area contributed by atoms with Crippen molar-refractivity contribution in [2.24, 2.45) is 5.92 Å². The molecule has 0 aromatic carbocycles. The number of β-amino-alcohol motifs (C(OH)–C–C–N with tert-alkyl or cyclic N) is 1. The molecule has 0 bridgehead atoms. The molecule has 0 amide bonds. The second kappa shape index (κ2) is 5.19. The zero-order chi connectivity index (χ0) is 14.5. The molecule has 6 heteroatoms. The Hall–Kier alpha value is -0.240. The molecule has 2 saturated heterocycles. The predicted octanol–water partition coefficient (Wildman–Crippen LogP) is -1.56. The summed E-state index contributed by atoms with van der Waals surface area (Å²) >= 11 is 0. The first-order valence-electron chi connectivity index (χ1n) is 7.64. The van der Waals surface area contributed by atoms with Crippen molar-refractivity contribution in [2.75, 3.05) is 13.2 Å². The fourth-order valence-electron chi connectivity index (χ4n) is 4.37. The molecule has 0 aromatic rings. The van der Waals surface area contributed by atoms with E-state index in [1.807, 2.05) is 0 Å². The van der Waals surface area contributed by atoms with Gasteiger partial charge >= 0.3 is 0 Å². The Morgan fingerprint density at radius 2 is 1.75 bits per heavy atom. The molecular weight excluding hydrogens is 262 g/mol. The summed E-state index contributed by atoms with van der Waals surface area (Å²) in [4.78, 5) is 1.76. The molecule has 3 aliphatic rings. The van der Waals surface area contributed by atoms with Crippen LogP contribution >= 0.6 is 0 Å². The Balaban J connectivity index is 1.77. The molecule has 1 saturated carbocycles. The van der Waals surface area contributed by atoms with Crippen LogP contribution in [0.3, 0.4) is 0 Å². The molecule has 1 aliphatic carbocycles. The third-order valence-electron chi connectivity index (χ3n) is 5.64. The van der Waals surface area contributed by atoms with Crippen molar-refractivity contribution in [1.82, 2.24) is 4.90 Å². The Kier molecular flexibility index (Phi) is 3.81. The molecule has 5 N–H and O–H groups in total. The van der Waals surface area contributed by atoms with E-state index in [1.54, 1.807) is 4.90 Å². The number of hydrogen-bond donors (Lipinski definition) is 5. The van der Waals surface area contributed by atoms with Crippen molar-refractivity contribution >= 4 is 0 Å². The number of hydrogen-bond acceptors (Lipinski definition) is 6. The van der Waals surface area contributed by atoms with Crippen LogP contribution in [0.15, 0.2) is 0 Å². The minimum absolute atomic E-state index is 0.185. The number of aliphatic hydroxyl groups excluding tert-OH is 5. The third kappa shape index (κ3) is 1.94. The summed E-state index contributed by atoms with van der Waals surface area (Å²) in [6, 6.07) is -0.364. The van der Waals surface area contributed by atoms with Gasteiger partial charge in [-0.05, 0) is 18.8 Å². The van der Waals surface area contributed by atoms with Gasteiger partial charge in [-0.1, -0.05) is 19.3 Å². The molecule has 116 valence electrons. The smallest absolute Gasteiger partial charge is 0.109 e. The average Bonchev–Trinajstić information content (AvgIpc) is 3.14. The summed E-state index contributed by atoms with van der Waals surface area (Å²) in [6.45, 7) is -0.125. The van der Waals surface area contributed by atoms with E-state index in [0.29, 0.717) is 0 Å². The van der Waals surface area contributed by atoms with Gasteiger partial charge in [-0.3, -0.25) is 4.90 Å². The predicted molar refractivity (Wildman–Crippen MR) is 70.9 cm³/mol. The lowest BCUT2D eigenvalue weighted by Crippen LogP contribution is -2.57. The van der Waals surface area contributed by atoms with Crippen LogP contribution in [0.25, 0.3) is 0 Å². The molecular formula is C14H25NO5. The normalized spacial score (nSPS) is 50.5. The van der Waals surface area contributed by atoms with Crippen molar-refractivity contribution in [3.8, 4) is 0 Å². The van der Waals surface area contributed by atoms with Gasteiger partial charge in [0.1, 0.15) is 12.2 Å². The molecule has 2 heterocycles. The molecule has 0 radical (unpaired) electrons. The van der Waals surface area contributed by atoms with Crippen molar-refractivity contribution < 1.29 is 25.5 Å². The van der Waals surface area contributed by atoms with E-state index in [-0.39, 0.29) is 25.1 Å². The number of aliphatic hydroxyl groups is 5. The molecule has 0 spiro atoms. The van der Waals surface area contributed by atoms with E-state index in [1.165, 1.54) is 6.42 Å². The Bertz CT molecular complexity index is 361. The van der Waals surface area contributed by atoms with Crippen LogP contribution in [0.4, 0.5) is 0 Å². The summed E-state index contributed by atoms with van der Waals surface area (Å²) < 4.78 is 0. The van der Waals surface area contributed by atoms with E-state index >= 15 is 0 Å². The van der Waals surface area contributed by atoms with Crippen LogP contribution in [0.2, 0.25) is 0 Å². The molecule has 0 aromatic heterocycles. The van der Waals surface area contributed by atoms with Crippen LogP contribution in [0, 0.1) is 5.92 Å². The van der Waals surface area contributed by atoms with Crippen LogP contribution in [-0.2, 0) is 0 Å². The number of fused-ring (bicyclic) bond motifs is 1. The highest BCUT2D eigenvalue weighted by Gasteiger charge is 2.73. The average molecular weight is 287 g/mol. The maximum absolute atomic E-state index is 10.6. The minimum atomic E-state index is -1.26. The first-order chi connectivity index (χ1) is 9.54. The first kappa shape index (κ1) is 14.7. The van der Waals surface area contributed by atoms with Crippen molar-refractivity contribution in [2.45, 2.75) is 68.1 Å². The molecule has 6 nitrogen and oxygen atoms in total. The van der Waals surface area contributed by atoms with E-state index < -0.39 is 30.0 Å². The van der Waals surface area contributed by atoms with Gasteiger partial charge < -0.3 is 25.5 Å². The number of rotatable bonds is 3. The second-order valence-electron chi connectivity index (χ2n) is 6.64. The largest absolute Gasteiger partial charge is 0.394 e. The van der Waals surface area contributed by atoms with Gasteiger partial charge in [0.05, 0.1) is 30.4 Å². The van der Waals surface area contributed by atoms with Crippen LogP contribution in [0.5, 0.6) is 0 Å². The van der Waals surface area contributed by atoms with Crippen LogP contribution in [0.1, 0.15) is 32.1 Å². The fourth-order valence-corrected chi connectivity index (χ4v) is 4.37. The van der Waals surface area contributed by atoms with Gasteiger partial charge in [0, 0.05) is 6.54 Å². The summed E-state index contributed by atoms with van der Waals surface area (Å²) in [6.07, 6.45) is 1.21. The molecule has 20 heavy (non-hydrogen) atoms. The van der Waals surface area contributed by atoms with E-state index in [0.717, 1.165) is 25.7 Å². The lowest BCUT2D eigenvalue weighted by atomic mass is 9.80. The summed E-state index contributed by atoms with van der Waals surface area (Å²) in [5.74, 6) is 0.185. The van der Waals surface area contributed by atoms with Gasteiger partial charge in [-0.15, -0.1) is 0 Å². The van der Waals surface area contributed by atoms with Gasteiger partial charge in [-0.25, -0.2) is 0 Å². The molecule has 3 fully saturated rings. The highest BCUT2D eigenvalue weighted by atomic mass is 16.4. The first-order valence-corrected chi connectivity index (χ1v) is 7.64. The molecule has 2 aliphatic heterocycles. The highest BCUT2D eigenvalue weighted by Crippen LogP contribution is 2.52. The lowest BCUT2D eigenvalue weighted by molar-refractivity contribution is -0.115. The maximum atomic E-state index is 10.6. The lowest BCUT2D eigenvalue weighted by Gasteiger charge is -2.34. The zero-order valence-electron chi connectivity index (χ0n) is 11.6. The molecule has 1 unspecified atom stereocenters. The Morgan fingerprint density at radius 3 is 2.35 bits per heavy atom. The van der Waals surface area contributed by atoms with Gasteiger partial charge in [0.15, 0.2) is 0 Å². The Morgan fingerprint density at radius 1 is 1.10 bits per heavy atom. The van der Waals surface area contributed by atoms with Crippen LogP contribution in [-0.4, -0.2) is 79.6 Å². The maximum Gasteiger partial charge on any atom is 0.109 e. The topological polar surface area (TPSA) is 104 Å². The zero-order valence-corrected chi connectivity index (χ0v) is 11.6. The fraction of sp³-hybridized carbons (Fsp3) is 1.00.